The summed E-state index contributed by atoms with van der Waals surface area (Å²) in [5.41, 5.74) is -0.571. The number of rotatable bonds is 8. The number of aliphatic hydroxyl groups is 1. The molecule has 0 aliphatic carbocycles. The summed E-state index contributed by atoms with van der Waals surface area (Å²) in [6, 6.07) is 7.61. The van der Waals surface area contributed by atoms with Crippen LogP contribution in [0, 0.1) is 11.8 Å². The molecule has 1 aromatic carbocycles. The number of hydrogen-bond acceptors (Lipinski definition) is 7. The summed E-state index contributed by atoms with van der Waals surface area (Å²) in [7, 11) is 0. The maximum atomic E-state index is 14.4. The number of benzene rings is 1. The molecular weight excluding hydrogens is 618 g/mol. The van der Waals surface area contributed by atoms with Crippen LogP contribution in [0.5, 0.6) is 0 Å². The Kier molecular flexibility index (Phi) is 10.0. The summed E-state index contributed by atoms with van der Waals surface area (Å²) in [6.07, 6.45) is 8.43. The van der Waals surface area contributed by atoms with E-state index < -0.39 is 41.5 Å². The molecule has 6 atom stereocenters. The highest BCUT2D eigenvalue weighted by molar-refractivity contribution is 9.11. The van der Waals surface area contributed by atoms with Crippen molar-refractivity contribution in [2.75, 3.05) is 32.8 Å². The number of halogens is 1. The molecular formula is C32H40BrN3O7. The SMILES string of the molecule is CCCCCN1C/C=C\CCC(=O)OC[C@H](c2ccccc2)NC(=O)[C@H]2[C@@H]3O[C@@]4(C=C3Br)[C@@H]2C(=O)N(CCCO)[C@@H]4C1=O. The van der Waals surface area contributed by atoms with Gasteiger partial charge in [-0.2, -0.15) is 0 Å². The Morgan fingerprint density at radius 2 is 1.84 bits per heavy atom. The number of fused-ring (bicyclic) bond motifs is 2. The number of cyclic esters (lactones) is 1. The summed E-state index contributed by atoms with van der Waals surface area (Å²) in [6.45, 7) is 2.86. The Balaban J connectivity index is 1.55. The summed E-state index contributed by atoms with van der Waals surface area (Å²) >= 11 is 3.58. The van der Waals surface area contributed by atoms with Gasteiger partial charge in [-0.1, -0.05) is 78.2 Å². The number of allylic oxidation sites excluding steroid dienone is 1. The maximum absolute atomic E-state index is 14.4. The maximum Gasteiger partial charge on any atom is 0.306 e. The van der Waals surface area contributed by atoms with Crippen LogP contribution in [0.1, 0.15) is 57.1 Å². The number of nitrogens with one attached hydrogen (secondary N) is 1. The zero-order chi connectivity index (χ0) is 30.6. The van der Waals surface area contributed by atoms with Gasteiger partial charge in [-0.15, -0.1) is 0 Å². The molecule has 2 fully saturated rings. The molecule has 5 rings (SSSR count). The zero-order valence-electron chi connectivity index (χ0n) is 24.5. The first-order valence-corrected chi connectivity index (χ1v) is 16.0. The van der Waals surface area contributed by atoms with Crippen molar-refractivity contribution in [1.82, 2.24) is 15.1 Å². The molecule has 43 heavy (non-hydrogen) atoms. The number of amides is 3. The van der Waals surface area contributed by atoms with Crippen LogP contribution in [0.3, 0.4) is 0 Å². The van der Waals surface area contributed by atoms with Crippen molar-refractivity contribution >= 4 is 39.6 Å². The van der Waals surface area contributed by atoms with E-state index in [-0.39, 0.29) is 44.0 Å². The van der Waals surface area contributed by atoms with E-state index in [0.29, 0.717) is 30.4 Å². The highest BCUT2D eigenvalue weighted by Gasteiger charge is 2.74. The third-order valence-corrected chi connectivity index (χ3v) is 9.48. The third kappa shape index (κ3) is 6.17. The third-order valence-electron chi connectivity index (χ3n) is 8.80. The van der Waals surface area contributed by atoms with Gasteiger partial charge in [0.2, 0.25) is 17.7 Å². The standard InChI is InChI=1S/C32H40BrN3O7/c1-2-3-9-15-35-16-10-5-8-14-24(38)42-20-23(21-12-6-4-7-13-21)34-29(39)25-26-30(40)36(17-11-18-37)28(31(35)41)32(26)19-22(33)27(25)43-32/h4-7,10,12-13,19,23,25-28,37H,2-3,8-9,11,14-18,20H2,1H3,(H,34,39)/b10-5-/t23-,25-,26+,27-,28-,32+/m1/s1. The van der Waals surface area contributed by atoms with E-state index in [1.54, 1.807) is 11.0 Å². The van der Waals surface area contributed by atoms with Gasteiger partial charge in [0, 0.05) is 37.1 Å². The van der Waals surface area contributed by atoms with E-state index in [1.807, 2.05) is 42.5 Å². The number of aliphatic hydroxyl groups excluding tert-OH is 1. The van der Waals surface area contributed by atoms with Crippen molar-refractivity contribution in [2.24, 2.45) is 11.8 Å². The first-order valence-electron chi connectivity index (χ1n) is 15.2. The predicted molar refractivity (Wildman–Crippen MR) is 162 cm³/mol. The molecule has 1 spiro atoms. The molecule has 232 valence electrons. The minimum Gasteiger partial charge on any atom is -0.463 e. The first kappa shape index (κ1) is 31.4. The number of carbonyl (C=O) groups is 4. The van der Waals surface area contributed by atoms with Gasteiger partial charge in [-0.25, -0.2) is 0 Å². The Morgan fingerprint density at radius 1 is 1.05 bits per heavy atom. The molecule has 0 saturated carbocycles. The monoisotopic (exact) mass is 657 g/mol. The van der Waals surface area contributed by atoms with Crippen LogP contribution in [0.25, 0.3) is 0 Å². The van der Waals surface area contributed by atoms with Crippen LogP contribution in [0.2, 0.25) is 0 Å². The molecule has 2 saturated heterocycles. The summed E-state index contributed by atoms with van der Waals surface area (Å²) in [5.74, 6) is -3.22. The second kappa shape index (κ2) is 13.7. The number of unbranched alkanes of at least 4 members (excludes halogenated alkanes) is 2. The Morgan fingerprint density at radius 3 is 2.58 bits per heavy atom. The number of nitrogens with zero attached hydrogens (tertiary/aromatic N) is 2. The molecule has 4 aliphatic rings. The lowest BCUT2D eigenvalue weighted by Gasteiger charge is -2.36. The van der Waals surface area contributed by atoms with E-state index in [9.17, 15) is 24.3 Å². The van der Waals surface area contributed by atoms with Gasteiger partial charge in [-0.05, 0) is 30.9 Å². The molecule has 0 unspecified atom stereocenters. The van der Waals surface area contributed by atoms with E-state index in [2.05, 4.69) is 28.2 Å². The zero-order valence-corrected chi connectivity index (χ0v) is 26.0. The lowest BCUT2D eigenvalue weighted by Crippen LogP contribution is -2.56. The van der Waals surface area contributed by atoms with E-state index in [0.717, 1.165) is 24.8 Å². The normalized spacial score (nSPS) is 32.0. The lowest BCUT2D eigenvalue weighted by molar-refractivity contribution is -0.148. The summed E-state index contributed by atoms with van der Waals surface area (Å²) < 4.78 is 12.8. The van der Waals surface area contributed by atoms with Gasteiger partial charge in [0.25, 0.3) is 0 Å². The van der Waals surface area contributed by atoms with Gasteiger partial charge < -0.3 is 29.7 Å². The number of hydrogen-bond donors (Lipinski definition) is 2. The molecule has 10 nitrogen and oxygen atoms in total. The van der Waals surface area contributed by atoms with Crippen LogP contribution in [-0.4, -0.2) is 89.2 Å². The molecule has 11 heteroatoms. The number of esters is 1. The summed E-state index contributed by atoms with van der Waals surface area (Å²) in [5, 5.41) is 12.7. The first-order chi connectivity index (χ1) is 20.8. The minimum atomic E-state index is -1.33. The molecule has 4 aliphatic heterocycles. The molecule has 3 amide bonds. The fourth-order valence-electron chi connectivity index (χ4n) is 6.74. The van der Waals surface area contributed by atoms with Crippen LogP contribution in [-0.2, 0) is 28.7 Å². The molecule has 5 bridgehead atoms. The fourth-order valence-corrected chi connectivity index (χ4v) is 7.47. The average Bonchev–Trinajstić information content (AvgIpc) is 3.59. The van der Waals surface area contributed by atoms with Crippen LogP contribution in [0.4, 0.5) is 0 Å². The Hall–Kier alpha value is -3.02. The van der Waals surface area contributed by atoms with Crippen molar-refractivity contribution in [3.8, 4) is 0 Å². The Bertz CT molecular complexity index is 1270. The number of likely N-dealkylation sites (tertiary alicyclic amines) is 1. The highest BCUT2D eigenvalue weighted by Crippen LogP contribution is 2.58. The minimum absolute atomic E-state index is 0.0632. The molecule has 1 aromatic rings. The van der Waals surface area contributed by atoms with Crippen LogP contribution >= 0.6 is 15.9 Å². The average molecular weight is 659 g/mol. The smallest absolute Gasteiger partial charge is 0.306 e. The van der Waals surface area contributed by atoms with Gasteiger partial charge >= 0.3 is 5.97 Å². The van der Waals surface area contributed by atoms with Crippen LogP contribution in [0.15, 0.2) is 53.0 Å². The van der Waals surface area contributed by atoms with Crippen LogP contribution < -0.4 is 5.32 Å². The number of carbonyl (C=O) groups excluding carboxylic acids is 4. The van der Waals surface area contributed by atoms with Gasteiger partial charge in [0.05, 0.1) is 17.9 Å². The van der Waals surface area contributed by atoms with E-state index in [4.69, 9.17) is 9.47 Å². The second-order valence-corrected chi connectivity index (χ2v) is 12.5. The van der Waals surface area contributed by atoms with Gasteiger partial charge in [0.15, 0.2) is 0 Å². The largest absolute Gasteiger partial charge is 0.463 e. The van der Waals surface area contributed by atoms with E-state index in [1.165, 1.54) is 4.90 Å². The van der Waals surface area contributed by atoms with E-state index >= 15 is 0 Å². The predicted octanol–water partition coefficient (Wildman–Crippen LogP) is 3.01. The van der Waals surface area contributed by atoms with Gasteiger partial charge in [-0.3, -0.25) is 19.2 Å². The Labute approximate surface area is 260 Å². The topological polar surface area (TPSA) is 125 Å². The highest BCUT2D eigenvalue weighted by atomic mass is 79.9. The molecule has 0 aromatic heterocycles. The molecule has 0 radical (unpaired) electrons. The molecule has 4 heterocycles. The van der Waals surface area contributed by atoms with Crippen molar-refractivity contribution in [3.63, 3.8) is 0 Å². The quantitative estimate of drug-likeness (QED) is 0.250. The van der Waals surface area contributed by atoms with Crippen molar-refractivity contribution in [2.45, 2.75) is 69.2 Å². The number of ether oxygens (including phenoxy) is 2. The summed E-state index contributed by atoms with van der Waals surface area (Å²) in [4.78, 5) is 58.6. The van der Waals surface area contributed by atoms with Crippen molar-refractivity contribution in [1.29, 1.82) is 0 Å². The van der Waals surface area contributed by atoms with Crippen molar-refractivity contribution in [3.05, 3.63) is 58.6 Å². The fraction of sp³-hybridized carbons (Fsp3) is 0.562. The molecule has 2 N–H and O–H groups in total. The van der Waals surface area contributed by atoms with Gasteiger partial charge in [0.1, 0.15) is 24.4 Å². The van der Waals surface area contributed by atoms with Crippen molar-refractivity contribution < 1.29 is 33.8 Å². The second-order valence-electron chi connectivity index (χ2n) is 11.6. The lowest BCUT2D eigenvalue weighted by atomic mass is 9.74.